The number of nitrogens with zero attached hydrogens (tertiary/aromatic N) is 1. The molecular formula is C21H22FN3O2S2. The highest BCUT2D eigenvalue weighted by Crippen LogP contribution is 2.33. The first-order chi connectivity index (χ1) is 14.1. The van der Waals surface area contributed by atoms with Gasteiger partial charge in [-0.15, -0.1) is 11.3 Å². The van der Waals surface area contributed by atoms with Crippen LogP contribution >= 0.6 is 23.1 Å². The fourth-order valence-corrected chi connectivity index (χ4v) is 5.59. The standard InChI is InChI=1S/C21H22FN3O2S2/c22-14-7-5-13(6-8-14)11-23-18(26)9-10-28-12-17-24-20(27)19-15-3-1-2-4-16(15)29-21(19)25-17/h5-8H,1-4,9-12H2,(H,23,26)(H,24,25,27). The normalized spacial score (nSPS) is 13.4. The van der Waals surface area contributed by atoms with Crippen LogP contribution < -0.4 is 10.9 Å². The molecule has 0 unspecified atom stereocenters. The van der Waals surface area contributed by atoms with Crippen LogP contribution in [0.15, 0.2) is 29.1 Å². The quantitative estimate of drug-likeness (QED) is 0.556. The number of carbonyl (C=O) groups is 1. The molecule has 0 saturated carbocycles. The maximum Gasteiger partial charge on any atom is 0.259 e. The Morgan fingerprint density at radius 3 is 2.86 bits per heavy atom. The van der Waals surface area contributed by atoms with Crippen molar-refractivity contribution in [3.63, 3.8) is 0 Å². The number of nitrogens with one attached hydrogen (secondary N) is 2. The van der Waals surface area contributed by atoms with Crippen molar-refractivity contribution >= 4 is 39.2 Å². The number of rotatable bonds is 7. The van der Waals surface area contributed by atoms with E-state index in [1.54, 1.807) is 35.2 Å². The molecule has 2 aromatic heterocycles. The van der Waals surface area contributed by atoms with Gasteiger partial charge >= 0.3 is 0 Å². The van der Waals surface area contributed by atoms with Crippen molar-refractivity contribution in [3.05, 3.63) is 62.3 Å². The van der Waals surface area contributed by atoms with E-state index in [1.807, 2.05) is 0 Å². The minimum atomic E-state index is -0.288. The first-order valence-electron chi connectivity index (χ1n) is 9.72. The van der Waals surface area contributed by atoms with Gasteiger partial charge in [-0.2, -0.15) is 11.8 Å². The van der Waals surface area contributed by atoms with E-state index in [1.165, 1.54) is 29.0 Å². The molecule has 1 aliphatic rings. The SMILES string of the molecule is O=C(CCSCc1nc2sc3c(c2c(=O)[nH]1)CCCC3)NCc1ccc(F)cc1. The molecule has 5 nitrogen and oxygen atoms in total. The number of fused-ring (bicyclic) bond motifs is 3. The topological polar surface area (TPSA) is 74.8 Å². The number of halogens is 1. The number of aryl methyl sites for hydroxylation is 2. The van der Waals surface area contributed by atoms with Gasteiger partial charge in [0.2, 0.25) is 5.91 Å². The number of amides is 1. The van der Waals surface area contributed by atoms with Gasteiger partial charge in [-0.05, 0) is 48.9 Å². The van der Waals surface area contributed by atoms with E-state index in [4.69, 9.17) is 0 Å². The highest BCUT2D eigenvalue weighted by Gasteiger charge is 2.19. The highest BCUT2D eigenvalue weighted by atomic mass is 32.2. The molecule has 0 saturated heterocycles. The Labute approximate surface area is 176 Å². The summed E-state index contributed by atoms with van der Waals surface area (Å²) in [6, 6.07) is 6.08. The average Bonchev–Trinajstić information content (AvgIpc) is 3.09. The van der Waals surface area contributed by atoms with Crippen LogP contribution in [0.1, 0.15) is 41.1 Å². The molecule has 1 aromatic carbocycles. The first kappa shape index (κ1) is 20.1. The van der Waals surface area contributed by atoms with Gasteiger partial charge in [0.15, 0.2) is 0 Å². The van der Waals surface area contributed by atoms with Gasteiger partial charge in [-0.1, -0.05) is 12.1 Å². The zero-order chi connectivity index (χ0) is 20.2. The Hall–Kier alpha value is -2.19. The maximum absolute atomic E-state index is 12.9. The molecule has 0 fully saturated rings. The van der Waals surface area contributed by atoms with Crippen LogP contribution in [0.3, 0.4) is 0 Å². The number of H-pyrrole nitrogens is 1. The molecule has 2 N–H and O–H groups in total. The monoisotopic (exact) mass is 431 g/mol. The number of thiophene rings is 1. The maximum atomic E-state index is 12.9. The molecule has 0 spiro atoms. The average molecular weight is 432 g/mol. The number of aromatic amines is 1. The van der Waals surface area contributed by atoms with Crippen LogP contribution in [0.5, 0.6) is 0 Å². The molecular weight excluding hydrogens is 409 g/mol. The number of aromatic nitrogens is 2. The minimum absolute atomic E-state index is 0.0398. The molecule has 29 heavy (non-hydrogen) atoms. The molecule has 0 aliphatic heterocycles. The summed E-state index contributed by atoms with van der Waals surface area (Å²) in [5, 5.41) is 3.61. The summed E-state index contributed by atoms with van der Waals surface area (Å²) in [4.78, 5) is 34.2. The third kappa shape index (κ3) is 4.87. The number of carbonyl (C=O) groups excluding carboxylic acids is 1. The van der Waals surface area contributed by atoms with Crippen molar-refractivity contribution in [3.8, 4) is 0 Å². The molecule has 8 heteroatoms. The zero-order valence-corrected chi connectivity index (χ0v) is 17.6. The van der Waals surface area contributed by atoms with Crippen molar-refractivity contribution in [2.24, 2.45) is 0 Å². The summed E-state index contributed by atoms with van der Waals surface area (Å²) in [5.41, 5.74) is 2.02. The zero-order valence-electron chi connectivity index (χ0n) is 15.9. The highest BCUT2D eigenvalue weighted by molar-refractivity contribution is 7.98. The Bertz CT molecular complexity index is 1080. The molecule has 1 amide bonds. The molecule has 152 valence electrons. The molecule has 3 aromatic rings. The third-order valence-corrected chi connectivity index (χ3v) is 7.15. The van der Waals surface area contributed by atoms with E-state index in [9.17, 15) is 14.0 Å². The summed E-state index contributed by atoms with van der Waals surface area (Å²) in [6.07, 6.45) is 4.72. The predicted molar refractivity (Wildman–Crippen MR) is 116 cm³/mol. The number of benzene rings is 1. The Morgan fingerprint density at radius 1 is 1.24 bits per heavy atom. The summed E-state index contributed by atoms with van der Waals surface area (Å²) in [5.74, 6) is 1.53. The van der Waals surface area contributed by atoms with Crippen LogP contribution in [0.2, 0.25) is 0 Å². The molecule has 2 heterocycles. The van der Waals surface area contributed by atoms with Gasteiger partial charge in [0.05, 0.1) is 11.1 Å². The van der Waals surface area contributed by atoms with Gasteiger partial charge < -0.3 is 10.3 Å². The van der Waals surface area contributed by atoms with E-state index in [0.717, 1.165) is 35.0 Å². The summed E-state index contributed by atoms with van der Waals surface area (Å²) < 4.78 is 12.9. The van der Waals surface area contributed by atoms with E-state index in [-0.39, 0.29) is 17.3 Å². The van der Waals surface area contributed by atoms with Crippen molar-refractivity contribution in [1.82, 2.24) is 15.3 Å². The lowest BCUT2D eigenvalue weighted by Crippen LogP contribution is -2.23. The van der Waals surface area contributed by atoms with E-state index < -0.39 is 0 Å². The molecule has 1 aliphatic carbocycles. The van der Waals surface area contributed by atoms with Crippen molar-refractivity contribution in [1.29, 1.82) is 0 Å². The summed E-state index contributed by atoms with van der Waals surface area (Å²) >= 11 is 3.22. The van der Waals surface area contributed by atoms with Crippen LogP contribution in [0.25, 0.3) is 10.2 Å². The second-order valence-corrected chi connectivity index (χ2v) is 9.30. The number of thioether (sulfide) groups is 1. The van der Waals surface area contributed by atoms with Crippen molar-refractivity contribution in [2.75, 3.05) is 5.75 Å². The molecule has 4 rings (SSSR count). The van der Waals surface area contributed by atoms with E-state index in [0.29, 0.717) is 30.3 Å². The van der Waals surface area contributed by atoms with Crippen molar-refractivity contribution in [2.45, 2.75) is 44.4 Å². The van der Waals surface area contributed by atoms with Gasteiger partial charge in [-0.25, -0.2) is 9.37 Å². The van der Waals surface area contributed by atoms with E-state index >= 15 is 0 Å². The second-order valence-electron chi connectivity index (χ2n) is 7.11. The van der Waals surface area contributed by atoms with Crippen LogP contribution in [0.4, 0.5) is 4.39 Å². The minimum Gasteiger partial charge on any atom is -0.352 e. The van der Waals surface area contributed by atoms with Crippen molar-refractivity contribution < 1.29 is 9.18 Å². The Kier molecular flexibility index (Phi) is 6.30. The lowest BCUT2D eigenvalue weighted by atomic mass is 9.97. The lowest BCUT2D eigenvalue weighted by Gasteiger charge is -2.09. The fourth-order valence-electron chi connectivity index (χ4n) is 3.50. The number of hydrogen-bond acceptors (Lipinski definition) is 5. The lowest BCUT2D eigenvalue weighted by molar-refractivity contribution is -0.120. The molecule has 0 radical (unpaired) electrons. The van der Waals surface area contributed by atoms with Crippen LogP contribution in [-0.2, 0) is 29.9 Å². The van der Waals surface area contributed by atoms with Gasteiger partial charge in [0, 0.05) is 23.6 Å². The largest absolute Gasteiger partial charge is 0.352 e. The van der Waals surface area contributed by atoms with Gasteiger partial charge in [-0.3, -0.25) is 9.59 Å². The number of hydrogen-bond donors (Lipinski definition) is 2. The fraction of sp³-hybridized carbons (Fsp3) is 0.381. The van der Waals surface area contributed by atoms with Gasteiger partial charge in [0.1, 0.15) is 16.5 Å². The van der Waals surface area contributed by atoms with Crippen LogP contribution in [0, 0.1) is 5.82 Å². The Balaban J connectivity index is 1.27. The van der Waals surface area contributed by atoms with Gasteiger partial charge in [0.25, 0.3) is 5.56 Å². The summed E-state index contributed by atoms with van der Waals surface area (Å²) in [6.45, 7) is 0.387. The van der Waals surface area contributed by atoms with E-state index in [2.05, 4.69) is 15.3 Å². The third-order valence-electron chi connectivity index (χ3n) is 4.99. The second kappa shape index (κ2) is 9.09. The first-order valence-corrected chi connectivity index (χ1v) is 11.7. The molecule has 0 bridgehead atoms. The van der Waals surface area contributed by atoms with Crippen LogP contribution in [-0.4, -0.2) is 21.6 Å². The predicted octanol–water partition coefficient (Wildman–Crippen LogP) is 3.94. The molecule has 0 atom stereocenters. The smallest absolute Gasteiger partial charge is 0.259 e. The Morgan fingerprint density at radius 2 is 2.03 bits per heavy atom. The summed E-state index contributed by atoms with van der Waals surface area (Å²) in [7, 11) is 0.